The Morgan fingerprint density at radius 3 is 2.47 bits per heavy atom. The van der Waals surface area contributed by atoms with Gasteiger partial charge in [-0.1, -0.05) is 13.8 Å². The molecule has 4 nitrogen and oxygen atoms in total. The van der Waals surface area contributed by atoms with E-state index < -0.39 is 0 Å². The van der Waals surface area contributed by atoms with Crippen molar-refractivity contribution in [3.8, 4) is 0 Å². The van der Waals surface area contributed by atoms with Crippen LogP contribution in [0.4, 0.5) is 0 Å². The monoisotopic (exact) mass is 236 g/mol. The second kappa shape index (κ2) is 4.77. The van der Waals surface area contributed by atoms with Crippen molar-refractivity contribution >= 4 is 0 Å². The van der Waals surface area contributed by atoms with Gasteiger partial charge >= 0.3 is 0 Å². The molecular weight excluding hydrogens is 212 g/mol. The third-order valence-corrected chi connectivity index (χ3v) is 3.99. The Kier molecular flexibility index (Phi) is 3.52. The lowest BCUT2D eigenvalue weighted by Gasteiger charge is -2.39. The summed E-state index contributed by atoms with van der Waals surface area (Å²) in [6.07, 6.45) is 2.51. The molecule has 0 aliphatic heterocycles. The number of hydrogen-bond donors (Lipinski definition) is 1. The second-order valence-corrected chi connectivity index (χ2v) is 5.59. The number of hydrogen-bond acceptors (Lipinski definition) is 3. The Morgan fingerprint density at radius 2 is 1.94 bits per heavy atom. The fraction of sp³-hybridized carbons (Fsp3) is 0.846. The Hall–Kier alpha value is -0.900. The van der Waals surface area contributed by atoms with E-state index in [2.05, 4.69) is 47.9 Å². The molecule has 1 heterocycles. The van der Waals surface area contributed by atoms with Gasteiger partial charge in [0.15, 0.2) is 0 Å². The van der Waals surface area contributed by atoms with Gasteiger partial charge in [-0.15, -0.1) is 0 Å². The van der Waals surface area contributed by atoms with Gasteiger partial charge in [0.2, 0.25) is 0 Å². The van der Waals surface area contributed by atoms with Crippen LogP contribution in [0, 0.1) is 25.7 Å². The largest absolute Gasteiger partial charge is 0.315 e. The van der Waals surface area contributed by atoms with Gasteiger partial charge in [-0.3, -0.25) is 0 Å². The zero-order chi connectivity index (χ0) is 12.6. The Morgan fingerprint density at radius 1 is 1.24 bits per heavy atom. The van der Waals surface area contributed by atoms with Crippen molar-refractivity contribution in [2.45, 2.75) is 52.6 Å². The summed E-state index contributed by atoms with van der Waals surface area (Å²) in [6.45, 7) is 8.70. The Bertz CT molecular complexity index is 385. The molecule has 0 spiro atoms. The quantitative estimate of drug-likeness (QED) is 0.855. The van der Waals surface area contributed by atoms with Crippen LogP contribution in [0.15, 0.2) is 0 Å². The highest BCUT2D eigenvalue weighted by Gasteiger charge is 2.35. The maximum atomic E-state index is 4.57. The zero-order valence-electron chi connectivity index (χ0n) is 11.6. The lowest BCUT2D eigenvalue weighted by molar-refractivity contribution is 0.146. The van der Waals surface area contributed by atoms with E-state index in [9.17, 15) is 0 Å². The molecular formula is C13H24N4. The van der Waals surface area contributed by atoms with Crippen LogP contribution in [0.25, 0.3) is 0 Å². The summed E-state index contributed by atoms with van der Waals surface area (Å²) >= 11 is 0. The minimum atomic E-state index is 0.442. The summed E-state index contributed by atoms with van der Waals surface area (Å²) in [5.41, 5.74) is 0. The van der Waals surface area contributed by atoms with Crippen molar-refractivity contribution in [3.63, 3.8) is 0 Å². The molecule has 96 valence electrons. The normalized spacial score (nSPS) is 33.9. The molecule has 0 radical (unpaired) electrons. The van der Waals surface area contributed by atoms with Crippen molar-refractivity contribution in [2.75, 3.05) is 7.05 Å². The molecule has 4 unspecified atom stereocenters. The Balaban J connectivity index is 2.31. The van der Waals surface area contributed by atoms with Gasteiger partial charge in [0.1, 0.15) is 11.6 Å². The third-order valence-electron chi connectivity index (χ3n) is 3.99. The first-order chi connectivity index (χ1) is 8.02. The van der Waals surface area contributed by atoms with Gasteiger partial charge < -0.3 is 5.32 Å². The van der Waals surface area contributed by atoms with Gasteiger partial charge in [-0.2, -0.15) is 5.10 Å². The summed E-state index contributed by atoms with van der Waals surface area (Å²) in [7, 11) is 2.06. The number of likely N-dealkylation sites (N-methyl/N-ethyl adjacent to an activating group) is 1. The molecule has 1 aliphatic carbocycles. The van der Waals surface area contributed by atoms with Crippen LogP contribution in [0.1, 0.15) is 44.4 Å². The number of aryl methyl sites for hydroxylation is 2. The van der Waals surface area contributed by atoms with Crippen molar-refractivity contribution in [2.24, 2.45) is 11.8 Å². The summed E-state index contributed by atoms with van der Waals surface area (Å²) in [4.78, 5) is 4.43. The molecule has 4 atom stereocenters. The molecule has 0 amide bonds. The van der Waals surface area contributed by atoms with E-state index in [-0.39, 0.29) is 0 Å². The van der Waals surface area contributed by atoms with Gasteiger partial charge in [0, 0.05) is 6.04 Å². The van der Waals surface area contributed by atoms with Gasteiger partial charge in [0.25, 0.3) is 0 Å². The van der Waals surface area contributed by atoms with E-state index in [4.69, 9.17) is 0 Å². The minimum Gasteiger partial charge on any atom is -0.315 e. The number of nitrogens with zero attached hydrogens (tertiary/aromatic N) is 3. The maximum absolute atomic E-state index is 4.57. The number of rotatable bonds is 2. The lowest BCUT2D eigenvalue weighted by Crippen LogP contribution is -2.44. The van der Waals surface area contributed by atoms with E-state index in [1.807, 2.05) is 6.92 Å². The summed E-state index contributed by atoms with van der Waals surface area (Å²) in [5, 5.41) is 8.03. The van der Waals surface area contributed by atoms with E-state index in [1.165, 1.54) is 12.8 Å². The van der Waals surface area contributed by atoms with Crippen LogP contribution < -0.4 is 5.32 Å². The molecule has 0 saturated heterocycles. The fourth-order valence-electron chi connectivity index (χ4n) is 3.36. The minimum absolute atomic E-state index is 0.442. The molecule has 1 aromatic heterocycles. The lowest BCUT2D eigenvalue weighted by atomic mass is 9.76. The predicted molar refractivity (Wildman–Crippen MR) is 68.9 cm³/mol. The van der Waals surface area contributed by atoms with Crippen LogP contribution >= 0.6 is 0 Å². The average molecular weight is 236 g/mol. The van der Waals surface area contributed by atoms with Crippen LogP contribution in [0.3, 0.4) is 0 Å². The molecule has 1 aliphatic rings. The van der Waals surface area contributed by atoms with Gasteiger partial charge in [-0.25, -0.2) is 9.67 Å². The summed E-state index contributed by atoms with van der Waals surface area (Å²) < 4.78 is 2.13. The van der Waals surface area contributed by atoms with Crippen molar-refractivity contribution in [1.82, 2.24) is 20.1 Å². The van der Waals surface area contributed by atoms with E-state index in [1.54, 1.807) is 0 Å². The van der Waals surface area contributed by atoms with Crippen LogP contribution in [-0.4, -0.2) is 27.9 Å². The molecule has 1 N–H and O–H groups in total. The molecule has 17 heavy (non-hydrogen) atoms. The van der Waals surface area contributed by atoms with Crippen molar-refractivity contribution < 1.29 is 0 Å². The first-order valence-corrected chi connectivity index (χ1v) is 6.60. The third kappa shape index (κ3) is 2.37. The van der Waals surface area contributed by atoms with E-state index >= 15 is 0 Å². The maximum Gasteiger partial charge on any atom is 0.147 e. The molecule has 1 aromatic rings. The highest BCUT2D eigenvalue weighted by Crippen LogP contribution is 2.36. The summed E-state index contributed by atoms with van der Waals surface area (Å²) in [6, 6.07) is 0.950. The standard InChI is InChI=1S/C13H24N4/c1-8-6-9(2)13(12(7-8)14-5)17-11(4)15-10(3)16-17/h8-9,12-14H,6-7H2,1-5H3. The highest BCUT2D eigenvalue weighted by atomic mass is 15.4. The fourth-order valence-corrected chi connectivity index (χ4v) is 3.36. The SMILES string of the molecule is CNC1CC(C)CC(C)C1n1nc(C)nc1C. The summed E-state index contributed by atoms with van der Waals surface area (Å²) in [5.74, 6) is 3.36. The van der Waals surface area contributed by atoms with E-state index in [0.717, 1.165) is 17.6 Å². The zero-order valence-corrected chi connectivity index (χ0v) is 11.6. The van der Waals surface area contributed by atoms with Gasteiger partial charge in [-0.05, 0) is 45.6 Å². The topological polar surface area (TPSA) is 42.7 Å². The first kappa shape index (κ1) is 12.6. The van der Waals surface area contributed by atoms with Crippen molar-refractivity contribution in [3.05, 3.63) is 11.6 Å². The molecule has 0 bridgehead atoms. The molecule has 1 fully saturated rings. The molecule has 4 heteroatoms. The smallest absolute Gasteiger partial charge is 0.147 e. The second-order valence-electron chi connectivity index (χ2n) is 5.59. The Labute approximate surface area is 104 Å². The van der Waals surface area contributed by atoms with Gasteiger partial charge in [0.05, 0.1) is 6.04 Å². The van der Waals surface area contributed by atoms with E-state index in [0.29, 0.717) is 18.0 Å². The van der Waals surface area contributed by atoms with Crippen LogP contribution in [0.5, 0.6) is 0 Å². The molecule has 0 aromatic carbocycles. The van der Waals surface area contributed by atoms with Crippen molar-refractivity contribution in [1.29, 1.82) is 0 Å². The molecule has 1 saturated carbocycles. The van der Waals surface area contributed by atoms with Crippen LogP contribution in [0.2, 0.25) is 0 Å². The molecule has 2 rings (SSSR count). The number of aromatic nitrogens is 3. The van der Waals surface area contributed by atoms with Crippen LogP contribution in [-0.2, 0) is 0 Å². The predicted octanol–water partition coefficient (Wildman–Crippen LogP) is 2.09. The number of nitrogens with one attached hydrogen (secondary N) is 1. The first-order valence-electron chi connectivity index (χ1n) is 6.60. The average Bonchev–Trinajstić information content (AvgIpc) is 2.56. The highest BCUT2D eigenvalue weighted by molar-refractivity contribution is 4.97.